The van der Waals surface area contributed by atoms with Crippen LogP contribution in [-0.2, 0) is 22.0 Å². The van der Waals surface area contributed by atoms with Crippen molar-refractivity contribution in [2.75, 3.05) is 19.1 Å². The molecule has 6 nitrogen and oxygen atoms in total. The maximum atomic E-state index is 11.4. The maximum absolute atomic E-state index is 11.4. The lowest BCUT2D eigenvalue weighted by Gasteiger charge is -2.28. The molecule has 1 unspecified atom stereocenters. The molecule has 46 heavy (non-hydrogen) atoms. The van der Waals surface area contributed by atoms with Gasteiger partial charge in [0.1, 0.15) is 17.4 Å². The van der Waals surface area contributed by atoms with Gasteiger partial charge in [0.2, 0.25) is 0 Å². The van der Waals surface area contributed by atoms with Gasteiger partial charge in [0.15, 0.2) is 0 Å². The molecule has 6 heteroatoms. The number of carbonyl (C=O) groups is 1. The molecule has 0 aliphatic rings. The summed E-state index contributed by atoms with van der Waals surface area (Å²) in [4.78, 5) is 13.7. The van der Waals surface area contributed by atoms with E-state index in [2.05, 4.69) is 119 Å². The zero-order valence-electron chi connectivity index (χ0n) is 28.1. The molecular formula is C40H44N2O4. The average molecular weight is 617 g/mol. The van der Waals surface area contributed by atoms with Gasteiger partial charge in [0.25, 0.3) is 0 Å². The second kappa shape index (κ2) is 14.0. The second-order valence-electron chi connectivity index (χ2n) is 13.5. The zero-order chi connectivity index (χ0) is 33.6. The van der Waals surface area contributed by atoms with Crippen LogP contribution in [0.25, 0.3) is 12.2 Å². The summed E-state index contributed by atoms with van der Waals surface area (Å²) in [6, 6.07) is 31.3. The second-order valence-corrected chi connectivity index (χ2v) is 13.5. The monoisotopic (exact) mass is 616 g/mol. The van der Waals surface area contributed by atoms with Crippen molar-refractivity contribution in [3.63, 3.8) is 0 Å². The predicted molar refractivity (Wildman–Crippen MR) is 187 cm³/mol. The van der Waals surface area contributed by atoms with E-state index in [9.17, 15) is 15.2 Å². The minimum atomic E-state index is -1.18. The summed E-state index contributed by atoms with van der Waals surface area (Å²) in [5.74, 6) is -1.28. The van der Waals surface area contributed by atoms with Gasteiger partial charge in [-0.15, -0.1) is 0 Å². The molecule has 0 aliphatic heterocycles. The van der Waals surface area contributed by atoms with Crippen LogP contribution in [0, 0.1) is 17.2 Å². The van der Waals surface area contributed by atoms with Gasteiger partial charge < -0.3 is 19.5 Å². The summed E-state index contributed by atoms with van der Waals surface area (Å²) in [6.45, 7) is 13.3. The standard InChI is InChI=1S/C40H44N2O4/c1-39(2,3)31-13-19-34(20-14-31)42(35-21-15-32(16-22-35)40(4,5)6)33-17-10-27(11-18-33)9-12-28-24-37(46-8)29(25-36(28)45-7)23-30(26-41)38(43)44/h9-22,24-25,30H,23H2,1-8H3,(H,43,44)/b12-9+. The first-order valence-electron chi connectivity index (χ1n) is 15.4. The summed E-state index contributed by atoms with van der Waals surface area (Å²) in [6.07, 6.45) is 3.95. The Morgan fingerprint density at radius 3 is 1.61 bits per heavy atom. The fourth-order valence-electron chi connectivity index (χ4n) is 5.27. The number of carboxylic acid groups (broad SMARTS) is 1. The number of methoxy groups -OCH3 is 2. The lowest BCUT2D eigenvalue weighted by molar-refractivity contribution is -0.139. The van der Waals surface area contributed by atoms with Gasteiger partial charge in [-0.25, -0.2) is 0 Å². The van der Waals surface area contributed by atoms with Crippen LogP contribution in [0.1, 0.15) is 69.4 Å². The molecule has 238 valence electrons. The lowest BCUT2D eigenvalue weighted by atomic mass is 9.86. The third kappa shape index (κ3) is 7.97. The normalized spacial score (nSPS) is 12.4. The number of nitrogens with zero attached hydrogens (tertiary/aromatic N) is 2. The first-order valence-corrected chi connectivity index (χ1v) is 15.4. The number of nitriles is 1. The Bertz CT molecular complexity index is 1660. The van der Waals surface area contributed by atoms with E-state index >= 15 is 0 Å². The molecule has 0 amide bonds. The van der Waals surface area contributed by atoms with Crippen molar-refractivity contribution in [3.05, 3.63) is 113 Å². The van der Waals surface area contributed by atoms with E-state index in [1.165, 1.54) is 18.2 Å². The van der Waals surface area contributed by atoms with Crippen LogP contribution < -0.4 is 14.4 Å². The third-order valence-electron chi connectivity index (χ3n) is 8.10. The lowest BCUT2D eigenvalue weighted by Crippen LogP contribution is -2.14. The van der Waals surface area contributed by atoms with E-state index < -0.39 is 11.9 Å². The molecule has 4 aromatic rings. The van der Waals surface area contributed by atoms with Crippen LogP contribution in [0.3, 0.4) is 0 Å². The van der Waals surface area contributed by atoms with Gasteiger partial charge in [-0.3, -0.25) is 4.79 Å². The number of hydrogen-bond acceptors (Lipinski definition) is 5. The number of anilines is 3. The summed E-state index contributed by atoms with van der Waals surface area (Å²) >= 11 is 0. The number of rotatable bonds is 10. The molecule has 1 atom stereocenters. The number of benzene rings is 4. The molecule has 0 fully saturated rings. The molecule has 0 saturated carbocycles. The molecule has 0 spiro atoms. The van der Waals surface area contributed by atoms with Crippen LogP contribution in [0.15, 0.2) is 84.9 Å². The zero-order valence-corrected chi connectivity index (χ0v) is 28.1. The van der Waals surface area contributed by atoms with E-state index in [0.717, 1.165) is 28.2 Å². The van der Waals surface area contributed by atoms with Crippen LogP contribution in [0.4, 0.5) is 17.1 Å². The van der Waals surface area contributed by atoms with Crippen molar-refractivity contribution in [1.29, 1.82) is 5.26 Å². The van der Waals surface area contributed by atoms with Crippen molar-refractivity contribution < 1.29 is 19.4 Å². The minimum Gasteiger partial charge on any atom is -0.496 e. The SMILES string of the molecule is COc1cc(CC(C#N)C(=O)O)c(OC)cc1/C=C/c1ccc(N(c2ccc(C(C)(C)C)cc2)c2ccc(C(C)(C)C)cc2)cc1. The Kier molecular flexibility index (Phi) is 10.3. The highest BCUT2D eigenvalue weighted by molar-refractivity contribution is 5.79. The van der Waals surface area contributed by atoms with Crippen LogP contribution in [-0.4, -0.2) is 25.3 Å². The maximum Gasteiger partial charge on any atom is 0.321 e. The topological polar surface area (TPSA) is 82.8 Å². The van der Waals surface area contributed by atoms with E-state index in [-0.39, 0.29) is 17.3 Å². The largest absolute Gasteiger partial charge is 0.496 e. The molecule has 0 saturated heterocycles. The highest BCUT2D eigenvalue weighted by Gasteiger charge is 2.21. The Hall–Kier alpha value is -5.02. The number of carboxylic acids is 1. The highest BCUT2D eigenvalue weighted by atomic mass is 16.5. The van der Waals surface area contributed by atoms with E-state index in [1.54, 1.807) is 19.2 Å². The molecular weight excluding hydrogens is 572 g/mol. The van der Waals surface area contributed by atoms with Gasteiger partial charge in [-0.2, -0.15) is 5.26 Å². The van der Waals surface area contributed by atoms with Gasteiger partial charge >= 0.3 is 5.97 Å². The quantitative estimate of drug-likeness (QED) is 0.179. The minimum absolute atomic E-state index is 0.0190. The number of ether oxygens (including phenoxy) is 2. The molecule has 4 rings (SSSR count). The smallest absolute Gasteiger partial charge is 0.321 e. The molecule has 0 bridgehead atoms. The van der Waals surface area contributed by atoms with Gasteiger partial charge in [-0.05, 0) is 81.6 Å². The van der Waals surface area contributed by atoms with Crippen LogP contribution in [0.2, 0.25) is 0 Å². The summed E-state index contributed by atoms with van der Waals surface area (Å²) in [7, 11) is 3.09. The average Bonchev–Trinajstić information content (AvgIpc) is 3.02. The Labute approximate surface area is 273 Å². The fourth-order valence-corrected chi connectivity index (χ4v) is 5.27. The van der Waals surface area contributed by atoms with E-state index in [4.69, 9.17) is 9.47 Å². The van der Waals surface area contributed by atoms with Crippen molar-refractivity contribution >= 4 is 35.2 Å². The first-order chi connectivity index (χ1) is 21.7. The Balaban J connectivity index is 1.67. The van der Waals surface area contributed by atoms with Gasteiger partial charge in [0, 0.05) is 29.0 Å². The van der Waals surface area contributed by atoms with E-state index in [1.807, 2.05) is 18.2 Å². The van der Waals surface area contributed by atoms with Gasteiger partial charge in [0.05, 0.1) is 20.3 Å². The molecule has 0 aromatic heterocycles. The van der Waals surface area contributed by atoms with Crippen molar-refractivity contribution in [3.8, 4) is 17.6 Å². The molecule has 1 N–H and O–H groups in total. The fraction of sp³-hybridized carbons (Fsp3) is 0.300. The number of hydrogen-bond donors (Lipinski definition) is 1. The molecule has 0 heterocycles. The first kappa shape index (κ1) is 33.9. The molecule has 0 radical (unpaired) electrons. The summed E-state index contributed by atoms with van der Waals surface area (Å²) < 4.78 is 11.2. The Morgan fingerprint density at radius 2 is 1.22 bits per heavy atom. The number of aliphatic carboxylic acids is 1. The van der Waals surface area contributed by atoms with Crippen LogP contribution in [0.5, 0.6) is 11.5 Å². The summed E-state index contributed by atoms with van der Waals surface area (Å²) in [5, 5.41) is 18.6. The molecule has 4 aromatic carbocycles. The summed E-state index contributed by atoms with van der Waals surface area (Å²) in [5.41, 5.74) is 8.27. The third-order valence-corrected chi connectivity index (χ3v) is 8.10. The van der Waals surface area contributed by atoms with Crippen molar-refractivity contribution in [2.24, 2.45) is 5.92 Å². The highest BCUT2D eigenvalue weighted by Crippen LogP contribution is 2.37. The van der Waals surface area contributed by atoms with E-state index in [0.29, 0.717) is 17.1 Å². The van der Waals surface area contributed by atoms with Crippen molar-refractivity contribution in [2.45, 2.75) is 58.8 Å². The molecule has 0 aliphatic carbocycles. The van der Waals surface area contributed by atoms with Gasteiger partial charge in [-0.1, -0.05) is 90.1 Å². The van der Waals surface area contributed by atoms with Crippen molar-refractivity contribution in [1.82, 2.24) is 0 Å². The predicted octanol–water partition coefficient (Wildman–Crippen LogP) is 9.71. The van der Waals surface area contributed by atoms with Crippen LogP contribution >= 0.6 is 0 Å². The Morgan fingerprint density at radius 1 is 0.761 bits per heavy atom.